The quantitative estimate of drug-likeness (QED) is 0.607. The Morgan fingerprint density at radius 3 is 2.71 bits per heavy atom. The molecule has 3 aromatic rings. The number of rotatable bonds is 4. The van der Waals surface area contributed by atoms with Gasteiger partial charge in [0.05, 0.1) is 11.7 Å². The predicted octanol–water partition coefficient (Wildman–Crippen LogP) is 4.46. The van der Waals surface area contributed by atoms with Gasteiger partial charge in [-0.3, -0.25) is 4.79 Å². The fraction of sp³-hybridized carbons (Fsp3) is 0.524. The number of halogens is 3. The van der Waals surface area contributed by atoms with Gasteiger partial charge in [0.15, 0.2) is 11.3 Å². The van der Waals surface area contributed by atoms with Gasteiger partial charge in [0.25, 0.3) is 5.91 Å². The molecule has 1 amide bonds. The van der Waals surface area contributed by atoms with Crippen molar-refractivity contribution in [1.29, 1.82) is 0 Å². The Kier molecular flexibility index (Phi) is 4.56. The molecule has 1 saturated carbocycles. The zero-order valence-corrected chi connectivity index (χ0v) is 17.2. The maximum Gasteiger partial charge on any atom is 0.433 e. The van der Waals surface area contributed by atoms with E-state index in [1.54, 1.807) is 4.90 Å². The maximum atomic E-state index is 13.7. The molecule has 1 unspecified atom stereocenters. The third-order valence-electron chi connectivity index (χ3n) is 6.10. The lowest BCUT2D eigenvalue weighted by atomic mass is 10.0. The van der Waals surface area contributed by atoms with Crippen LogP contribution >= 0.6 is 0 Å². The summed E-state index contributed by atoms with van der Waals surface area (Å²) in [6.45, 7) is 4.29. The SMILES string of the molecule is CCc1onc(C)c1C1CCCN1C(=O)c1cc2nc(C3CC3)cc(C(F)(F)F)n2n1. The zero-order valence-electron chi connectivity index (χ0n) is 17.2. The van der Waals surface area contributed by atoms with Crippen molar-refractivity contribution in [3.05, 3.63) is 46.2 Å². The van der Waals surface area contributed by atoms with E-state index in [4.69, 9.17) is 4.52 Å². The van der Waals surface area contributed by atoms with Crippen LogP contribution in [0.25, 0.3) is 5.65 Å². The zero-order chi connectivity index (χ0) is 21.9. The van der Waals surface area contributed by atoms with Crippen LogP contribution in [0.4, 0.5) is 13.2 Å². The van der Waals surface area contributed by atoms with Crippen LogP contribution in [0.1, 0.15) is 83.5 Å². The number of alkyl halides is 3. The molecule has 5 rings (SSSR count). The number of amides is 1. The molecule has 7 nitrogen and oxygen atoms in total. The summed E-state index contributed by atoms with van der Waals surface area (Å²) in [5.74, 6) is 0.371. The Morgan fingerprint density at radius 1 is 1.26 bits per heavy atom. The van der Waals surface area contributed by atoms with Gasteiger partial charge in [0.1, 0.15) is 11.5 Å². The van der Waals surface area contributed by atoms with Gasteiger partial charge >= 0.3 is 6.18 Å². The molecule has 1 saturated heterocycles. The van der Waals surface area contributed by atoms with Crippen LogP contribution in [0.15, 0.2) is 16.7 Å². The molecule has 1 aliphatic carbocycles. The number of carbonyl (C=O) groups excluding carboxylic acids is 1. The summed E-state index contributed by atoms with van der Waals surface area (Å²) in [6.07, 6.45) is -0.766. The maximum absolute atomic E-state index is 13.7. The van der Waals surface area contributed by atoms with E-state index >= 15 is 0 Å². The number of nitrogens with zero attached hydrogens (tertiary/aromatic N) is 5. The second-order valence-corrected chi connectivity index (χ2v) is 8.25. The number of aromatic nitrogens is 4. The highest BCUT2D eigenvalue weighted by Crippen LogP contribution is 2.41. The summed E-state index contributed by atoms with van der Waals surface area (Å²) in [4.78, 5) is 19.3. The minimum atomic E-state index is -4.59. The van der Waals surface area contributed by atoms with Crippen LogP contribution < -0.4 is 0 Å². The van der Waals surface area contributed by atoms with Crippen molar-refractivity contribution in [3.8, 4) is 0 Å². The van der Waals surface area contributed by atoms with Gasteiger partial charge in [0.2, 0.25) is 0 Å². The monoisotopic (exact) mass is 433 g/mol. The van der Waals surface area contributed by atoms with E-state index in [1.807, 2.05) is 13.8 Å². The number of hydrogen-bond acceptors (Lipinski definition) is 5. The first-order valence-corrected chi connectivity index (χ1v) is 10.5. The van der Waals surface area contributed by atoms with Gasteiger partial charge in [-0.1, -0.05) is 12.1 Å². The average molecular weight is 433 g/mol. The molecule has 4 heterocycles. The third-order valence-corrected chi connectivity index (χ3v) is 6.10. The lowest BCUT2D eigenvalue weighted by Crippen LogP contribution is -2.31. The summed E-state index contributed by atoms with van der Waals surface area (Å²) in [6, 6.07) is 2.19. The van der Waals surface area contributed by atoms with Gasteiger partial charge in [-0.05, 0) is 38.7 Å². The van der Waals surface area contributed by atoms with Gasteiger partial charge in [-0.15, -0.1) is 0 Å². The number of carbonyl (C=O) groups is 1. The third kappa shape index (κ3) is 3.37. The highest BCUT2D eigenvalue weighted by atomic mass is 19.4. The number of hydrogen-bond donors (Lipinski definition) is 0. The molecule has 0 bridgehead atoms. The summed E-state index contributed by atoms with van der Waals surface area (Å²) in [7, 11) is 0. The molecule has 0 N–H and O–H groups in total. The fourth-order valence-corrected chi connectivity index (χ4v) is 4.45. The van der Waals surface area contributed by atoms with Gasteiger partial charge < -0.3 is 9.42 Å². The molecule has 1 atom stereocenters. The molecule has 3 aromatic heterocycles. The van der Waals surface area contributed by atoms with E-state index in [1.165, 1.54) is 6.07 Å². The van der Waals surface area contributed by atoms with Crippen molar-refractivity contribution in [2.75, 3.05) is 6.54 Å². The van der Waals surface area contributed by atoms with Crippen LogP contribution in [-0.2, 0) is 12.6 Å². The van der Waals surface area contributed by atoms with Crippen molar-refractivity contribution in [2.24, 2.45) is 0 Å². The summed E-state index contributed by atoms with van der Waals surface area (Å²) in [5.41, 5.74) is 1.13. The van der Waals surface area contributed by atoms with E-state index in [2.05, 4.69) is 15.2 Å². The smallest absolute Gasteiger partial charge is 0.361 e. The first-order chi connectivity index (χ1) is 14.8. The van der Waals surface area contributed by atoms with E-state index < -0.39 is 17.8 Å². The Balaban J connectivity index is 1.54. The number of likely N-dealkylation sites (tertiary alicyclic amines) is 1. The Morgan fingerprint density at radius 2 is 2.03 bits per heavy atom. The Bertz CT molecular complexity index is 1160. The topological polar surface area (TPSA) is 76.5 Å². The van der Waals surface area contributed by atoms with Crippen molar-refractivity contribution in [1.82, 2.24) is 24.7 Å². The fourth-order valence-electron chi connectivity index (χ4n) is 4.45. The Hall–Kier alpha value is -2.91. The standard InChI is InChI=1S/C21H22F3N5O2/c1-3-16-19(11(2)27-31-16)15-5-4-8-28(15)20(30)14-10-18-25-13(12-6-7-12)9-17(21(22,23)24)29(18)26-14/h9-10,12,15H,3-8H2,1-2H3. The Labute approximate surface area is 176 Å². The van der Waals surface area contributed by atoms with E-state index in [0.717, 1.165) is 53.3 Å². The summed E-state index contributed by atoms with van der Waals surface area (Å²) < 4.78 is 47.1. The first kappa shape index (κ1) is 20.0. The summed E-state index contributed by atoms with van der Waals surface area (Å²) >= 11 is 0. The molecule has 0 aromatic carbocycles. The molecular formula is C21H22F3N5O2. The van der Waals surface area contributed by atoms with Gasteiger partial charge in [-0.2, -0.15) is 18.3 Å². The lowest BCUT2D eigenvalue weighted by molar-refractivity contribution is -0.142. The van der Waals surface area contributed by atoms with Crippen LogP contribution in [0.2, 0.25) is 0 Å². The normalized spacial score (nSPS) is 19.5. The van der Waals surface area contributed by atoms with Gasteiger partial charge in [-0.25, -0.2) is 9.50 Å². The van der Waals surface area contributed by atoms with Crippen molar-refractivity contribution in [2.45, 2.75) is 64.1 Å². The molecule has 164 valence electrons. The molecule has 2 aliphatic rings. The first-order valence-electron chi connectivity index (χ1n) is 10.5. The average Bonchev–Trinajstić information content (AvgIpc) is 3.15. The largest absolute Gasteiger partial charge is 0.433 e. The van der Waals surface area contributed by atoms with Crippen LogP contribution in [0.5, 0.6) is 0 Å². The van der Waals surface area contributed by atoms with Crippen molar-refractivity contribution >= 4 is 11.6 Å². The molecule has 2 fully saturated rings. The van der Waals surface area contributed by atoms with Crippen LogP contribution in [-0.4, -0.2) is 37.1 Å². The molecule has 0 spiro atoms. The van der Waals surface area contributed by atoms with E-state index in [0.29, 0.717) is 18.7 Å². The van der Waals surface area contributed by atoms with E-state index in [-0.39, 0.29) is 23.3 Å². The van der Waals surface area contributed by atoms with Crippen LogP contribution in [0.3, 0.4) is 0 Å². The second kappa shape index (κ2) is 7.06. The highest BCUT2D eigenvalue weighted by Gasteiger charge is 2.39. The van der Waals surface area contributed by atoms with E-state index in [9.17, 15) is 18.0 Å². The molecule has 10 heteroatoms. The second-order valence-electron chi connectivity index (χ2n) is 8.25. The van der Waals surface area contributed by atoms with Crippen molar-refractivity contribution in [3.63, 3.8) is 0 Å². The molecule has 31 heavy (non-hydrogen) atoms. The predicted molar refractivity (Wildman–Crippen MR) is 104 cm³/mol. The van der Waals surface area contributed by atoms with Crippen LogP contribution in [0, 0.1) is 6.92 Å². The minimum Gasteiger partial charge on any atom is -0.361 e. The minimum absolute atomic E-state index is 0.0370. The van der Waals surface area contributed by atoms with Gasteiger partial charge in [0, 0.05) is 36.2 Å². The molecule has 1 aliphatic heterocycles. The number of aryl methyl sites for hydroxylation is 2. The lowest BCUT2D eigenvalue weighted by Gasteiger charge is -2.24. The molecular weight excluding hydrogens is 411 g/mol. The highest BCUT2D eigenvalue weighted by molar-refractivity contribution is 5.94. The number of fused-ring (bicyclic) bond motifs is 1. The summed E-state index contributed by atoms with van der Waals surface area (Å²) in [5, 5.41) is 8.07. The van der Waals surface area contributed by atoms with Crippen molar-refractivity contribution < 1.29 is 22.5 Å². The molecule has 0 radical (unpaired) electrons.